The van der Waals surface area contributed by atoms with Crippen molar-refractivity contribution < 1.29 is 28.9 Å². The van der Waals surface area contributed by atoms with Crippen LogP contribution >= 0.6 is 0 Å². The van der Waals surface area contributed by atoms with Gasteiger partial charge in [0.15, 0.2) is 5.69 Å². The van der Waals surface area contributed by atoms with E-state index in [-0.39, 0.29) is 31.2 Å². The zero-order chi connectivity index (χ0) is 24.5. The van der Waals surface area contributed by atoms with Crippen LogP contribution in [0.1, 0.15) is 44.2 Å². The monoisotopic (exact) mass is 477 g/mol. The fourth-order valence-corrected chi connectivity index (χ4v) is 5.21. The van der Waals surface area contributed by atoms with Gasteiger partial charge in [-0.3, -0.25) is 24.2 Å². The summed E-state index contributed by atoms with van der Waals surface area (Å²) in [7, 11) is 0. The van der Waals surface area contributed by atoms with Gasteiger partial charge in [-0.2, -0.15) is 4.57 Å². The Balaban J connectivity index is 1.62. The highest BCUT2D eigenvalue weighted by Gasteiger charge is 2.69. The Labute approximate surface area is 196 Å². The Hall–Kier alpha value is -3.03. The standard InChI is InChI=1S/C21H32N8O5/c22-7-3-1-5-14-19(32)27-11-17(30)29-16(9-13-10-24-12-28(13)21(27,29)26-14)18(31)25-15(20(33)34)6-2-4-8-23/h10,12,14-16,26H,1-9,11,22-23H2,(H2,25,31,33,34)/p+1. The van der Waals surface area contributed by atoms with Gasteiger partial charge in [0.05, 0.1) is 6.04 Å². The molecular weight excluding hydrogens is 444 g/mol. The second-order valence-corrected chi connectivity index (χ2v) is 9.01. The van der Waals surface area contributed by atoms with Gasteiger partial charge in [0.1, 0.15) is 24.8 Å². The lowest BCUT2D eigenvalue weighted by Gasteiger charge is -2.42. The molecule has 0 aromatic carbocycles. The minimum absolute atomic E-state index is 0.167. The average Bonchev–Trinajstić information content (AvgIpc) is 3.46. The molecule has 4 unspecified atom stereocenters. The number of aromatic amines is 1. The van der Waals surface area contributed by atoms with Crippen molar-refractivity contribution in [2.45, 2.75) is 69.0 Å². The number of imidazole rings is 1. The summed E-state index contributed by atoms with van der Waals surface area (Å²) in [5.41, 5.74) is 11.8. The van der Waals surface area contributed by atoms with Crippen LogP contribution in [0.3, 0.4) is 0 Å². The number of rotatable bonds is 11. The van der Waals surface area contributed by atoms with Crippen molar-refractivity contribution in [3.05, 3.63) is 18.2 Å². The van der Waals surface area contributed by atoms with E-state index >= 15 is 0 Å². The number of hydrogen-bond donors (Lipinski definition) is 6. The van der Waals surface area contributed by atoms with E-state index in [0.717, 1.165) is 12.8 Å². The zero-order valence-electron chi connectivity index (χ0n) is 19.0. The van der Waals surface area contributed by atoms with Gasteiger partial charge >= 0.3 is 11.9 Å². The average molecular weight is 478 g/mol. The molecule has 2 saturated heterocycles. The van der Waals surface area contributed by atoms with Crippen LogP contribution in [0.4, 0.5) is 0 Å². The lowest BCUT2D eigenvalue weighted by molar-refractivity contribution is -0.817. The molecule has 3 aliphatic rings. The molecule has 1 aromatic rings. The zero-order valence-corrected chi connectivity index (χ0v) is 19.0. The van der Waals surface area contributed by atoms with Gasteiger partial charge < -0.3 is 21.9 Å². The van der Waals surface area contributed by atoms with Crippen molar-refractivity contribution >= 4 is 23.7 Å². The van der Waals surface area contributed by atoms with Crippen molar-refractivity contribution in [1.82, 2.24) is 25.4 Å². The maximum atomic E-state index is 13.4. The van der Waals surface area contributed by atoms with E-state index < -0.39 is 35.9 Å². The summed E-state index contributed by atoms with van der Waals surface area (Å²) in [6.07, 6.45) is 7.07. The molecule has 186 valence electrons. The van der Waals surface area contributed by atoms with Gasteiger partial charge in [-0.1, -0.05) is 6.42 Å². The van der Waals surface area contributed by atoms with Crippen LogP contribution in [0.5, 0.6) is 0 Å². The van der Waals surface area contributed by atoms with Crippen LogP contribution in [0.25, 0.3) is 0 Å². The number of carbonyl (C=O) groups excluding carboxylic acids is 3. The number of aromatic nitrogens is 2. The molecule has 2 fully saturated rings. The first kappa shape index (κ1) is 24.1. The van der Waals surface area contributed by atoms with E-state index in [1.807, 2.05) is 0 Å². The van der Waals surface area contributed by atoms with Crippen LogP contribution in [-0.2, 0) is 31.5 Å². The number of carboxylic acids is 1. The second-order valence-electron chi connectivity index (χ2n) is 9.01. The number of nitrogens with zero attached hydrogens (tertiary/aromatic N) is 3. The van der Waals surface area contributed by atoms with Crippen molar-refractivity contribution in [2.75, 3.05) is 19.6 Å². The van der Waals surface area contributed by atoms with Gasteiger partial charge in [0.25, 0.3) is 0 Å². The summed E-state index contributed by atoms with van der Waals surface area (Å²) < 4.78 is 1.78. The van der Waals surface area contributed by atoms with Gasteiger partial charge in [0, 0.05) is 6.42 Å². The molecule has 4 atom stereocenters. The number of carboxylic acid groups (broad SMARTS) is 1. The lowest BCUT2D eigenvalue weighted by Crippen LogP contribution is -2.80. The van der Waals surface area contributed by atoms with E-state index in [2.05, 4.69) is 15.6 Å². The SMILES string of the molecule is NCCCCC(NC(=O)C1Cc2c[nH]c[n+]2C23NC(CCCCN)C(=O)N2CC(=O)N13)C(=O)O. The Morgan fingerprint density at radius 3 is 2.68 bits per heavy atom. The van der Waals surface area contributed by atoms with Gasteiger partial charge in [-0.15, -0.1) is 0 Å². The molecule has 1 spiro atoms. The number of fused-ring (bicyclic) bond motifs is 1. The third-order valence-corrected chi connectivity index (χ3v) is 6.83. The largest absolute Gasteiger partial charge is 0.480 e. The summed E-state index contributed by atoms with van der Waals surface area (Å²) >= 11 is 0. The fraction of sp³-hybridized carbons (Fsp3) is 0.667. The number of amides is 3. The van der Waals surface area contributed by atoms with Crippen LogP contribution < -0.4 is 26.7 Å². The fourth-order valence-electron chi connectivity index (χ4n) is 5.21. The molecule has 13 heteroatoms. The lowest BCUT2D eigenvalue weighted by atomic mass is 10.0. The van der Waals surface area contributed by atoms with E-state index in [1.54, 1.807) is 17.1 Å². The van der Waals surface area contributed by atoms with E-state index in [0.29, 0.717) is 38.0 Å². The maximum Gasteiger partial charge on any atom is 0.334 e. The molecule has 0 bridgehead atoms. The molecule has 0 aliphatic carbocycles. The Morgan fingerprint density at radius 1 is 1.24 bits per heavy atom. The smallest absolute Gasteiger partial charge is 0.334 e. The van der Waals surface area contributed by atoms with Crippen molar-refractivity contribution in [1.29, 1.82) is 0 Å². The van der Waals surface area contributed by atoms with Crippen LogP contribution in [-0.4, -0.2) is 81.3 Å². The minimum Gasteiger partial charge on any atom is -0.480 e. The Kier molecular flexibility index (Phi) is 6.86. The van der Waals surface area contributed by atoms with Crippen LogP contribution in [0, 0.1) is 0 Å². The van der Waals surface area contributed by atoms with Crippen molar-refractivity contribution in [2.24, 2.45) is 11.5 Å². The second kappa shape index (κ2) is 9.68. The number of nitrogens with one attached hydrogen (secondary N) is 3. The molecule has 4 rings (SSSR count). The molecule has 4 heterocycles. The molecule has 13 nitrogen and oxygen atoms in total. The topological polar surface area (TPSA) is 191 Å². The first-order valence-electron chi connectivity index (χ1n) is 11.8. The van der Waals surface area contributed by atoms with Gasteiger partial charge in [-0.25, -0.2) is 15.1 Å². The van der Waals surface area contributed by atoms with Crippen molar-refractivity contribution in [3.63, 3.8) is 0 Å². The Bertz CT molecular complexity index is 967. The molecule has 3 aliphatic heterocycles. The van der Waals surface area contributed by atoms with Crippen molar-refractivity contribution in [3.8, 4) is 0 Å². The highest BCUT2D eigenvalue weighted by molar-refractivity contribution is 5.96. The summed E-state index contributed by atoms with van der Waals surface area (Å²) in [5, 5.41) is 15.5. The number of hydrogen-bond acceptors (Lipinski definition) is 7. The number of unbranched alkanes of at least 4 members (excludes halogenated alkanes) is 2. The van der Waals surface area contributed by atoms with E-state index in [4.69, 9.17) is 11.5 Å². The molecule has 1 aromatic heterocycles. The first-order chi connectivity index (χ1) is 16.3. The number of H-pyrrole nitrogens is 1. The summed E-state index contributed by atoms with van der Waals surface area (Å²) in [6.45, 7) is 0.790. The molecule has 34 heavy (non-hydrogen) atoms. The molecule has 8 N–H and O–H groups in total. The predicted octanol–water partition coefficient (Wildman–Crippen LogP) is -2.74. The van der Waals surface area contributed by atoms with E-state index in [1.165, 1.54) is 9.80 Å². The number of nitrogens with two attached hydrogens (primary N) is 2. The molecule has 0 saturated carbocycles. The molecule has 0 radical (unpaired) electrons. The van der Waals surface area contributed by atoms with Gasteiger partial charge in [0.2, 0.25) is 24.0 Å². The molecule has 3 amide bonds. The number of carbonyl (C=O) groups is 4. The maximum absolute atomic E-state index is 13.4. The first-order valence-corrected chi connectivity index (χ1v) is 11.8. The summed E-state index contributed by atoms with van der Waals surface area (Å²) in [5.74, 6) is -3.65. The third-order valence-electron chi connectivity index (χ3n) is 6.83. The predicted molar refractivity (Wildman–Crippen MR) is 117 cm³/mol. The highest BCUT2D eigenvalue weighted by atomic mass is 16.4. The van der Waals surface area contributed by atoms with Crippen LogP contribution in [0.2, 0.25) is 0 Å². The number of aliphatic carboxylic acids is 1. The highest BCUT2D eigenvalue weighted by Crippen LogP contribution is 2.38. The van der Waals surface area contributed by atoms with E-state index in [9.17, 15) is 24.3 Å². The normalized spacial score (nSPS) is 26.3. The molecular formula is C21H33N8O5+. The van der Waals surface area contributed by atoms with Crippen LogP contribution in [0.15, 0.2) is 12.5 Å². The third kappa shape index (κ3) is 3.93. The summed E-state index contributed by atoms with van der Waals surface area (Å²) in [6, 6.07) is -2.60. The summed E-state index contributed by atoms with van der Waals surface area (Å²) in [4.78, 5) is 57.4. The van der Waals surface area contributed by atoms with Gasteiger partial charge in [-0.05, 0) is 45.2 Å². The minimum atomic E-state index is -1.35. The quantitative estimate of drug-likeness (QED) is 0.146. The Morgan fingerprint density at radius 2 is 1.97 bits per heavy atom.